The Morgan fingerprint density at radius 3 is 2.32 bits per heavy atom. The monoisotopic (exact) mass is 298 g/mol. The van der Waals surface area contributed by atoms with E-state index in [2.05, 4.69) is 73.7 Å². The van der Waals surface area contributed by atoms with Crippen molar-refractivity contribution in [1.29, 1.82) is 0 Å². The van der Waals surface area contributed by atoms with Crippen LogP contribution in [0.3, 0.4) is 0 Å². The van der Waals surface area contributed by atoms with Gasteiger partial charge in [-0.3, -0.25) is 0 Å². The zero-order valence-electron chi connectivity index (χ0n) is 12.3. The molecule has 0 unspecified atom stereocenters. The molecular weight excluding hydrogens is 284 g/mol. The van der Waals surface area contributed by atoms with E-state index in [1.807, 2.05) is 11.3 Å². The van der Waals surface area contributed by atoms with Gasteiger partial charge < -0.3 is 0 Å². The number of hydrogen-bond acceptors (Lipinski definition) is 1. The molecule has 0 saturated carbocycles. The molecule has 1 heteroatoms. The van der Waals surface area contributed by atoms with Crippen LogP contribution in [-0.2, 0) is 0 Å². The number of benzene rings is 4. The highest BCUT2D eigenvalue weighted by molar-refractivity contribution is 7.25. The maximum absolute atomic E-state index is 2.35. The van der Waals surface area contributed by atoms with Crippen molar-refractivity contribution in [3.05, 3.63) is 72.3 Å². The van der Waals surface area contributed by atoms with Gasteiger partial charge in [-0.1, -0.05) is 42.0 Å². The van der Waals surface area contributed by atoms with Crippen molar-refractivity contribution < 1.29 is 0 Å². The number of rotatable bonds is 0. The molecule has 4 aromatic carbocycles. The van der Waals surface area contributed by atoms with Gasteiger partial charge in [0, 0.05) is 20.2 Å². The fourth-order valence-corrected chi connectivity index (χ4v) is 4.48. The Morgan fingerprint density at radius 1 is 0.591 bits per heavy atom. The van der Waals surface area contributed by atoms with E-state index in [0.717, 1.165) is 0 Å². The minimum atomic E-state index is 1.31. The van der Waals surface area contributed by atoms with Crippen LogP contribution in [0.15, 0.2) is 66.7 Å². The third-order valence-corrected chi connectivity index (χ3v) is 5.58. The van der Waals surface area contributed by atoms with E-state index in [1.165, 1.54) is 47.3 Å². The molecule has 1 heterocycles. The summed E-state index contributed by atoms with van der Waals surface area (Å²) >= 11 is 1.88. The molecule has 0 aliphatic heterocycles. The second-order valence-electron chi connectivity index (χ2n) is 6.00. The zero-order valence-corrected chi connectivity index (χ0v) is 13.1. The molecule has 0 radical (unpaired) electrons. The van der Waals surface area contributed by atoms with E-state index in [0.29, 0.717) is 0 Å². The number of thiophene rings is 1. The lowest BCUT2D eigenvalue weighted by Crippen LogP contribution is -1.78. The molecule has 0 amide bonds. The van der Waals surface area contributed by atoms with Crippen LogP contribution >= 0.6 is 11.3 Å². The Balaban J connectivity index is 1.96. The van der Waals surface area contributed by atoms with Crippen LogP contribution in [0, 0.1) is 6.92 Å². The predicted molar refractivity (Wildman–Crippen MR) is 99.1 cm³/mol. The number of aryl methyl sites for hydroxylation is 1. The lowest BCUT2D eigenvalue weighted by Gasteiger charge is -2.04. The van der Waals surface area contributed by atoms with Gasteiger partial charge in [-0.15, -0.1) is 11.3 Å². The van der Waals surface area contributed by atoms with Crippen molar-refractivity contribution in [2.24, 2.45) is 0 Å². The summed E-state index contributed by atoms with van der Waals surface area (Å²) in [5, 5.41) is 8.04. The molecule has 5 rings (SSSR count). The SMILES string of the molecule is Cc1ccc2cc3cc4sc5ccccc5c4cc3cc2c1. The van der Waals surface area contributed by atoms with E-state index in [-0.39, 0.29) is 0 Å². The topological polar surface area (TPSA) is 0 Å². The Kier molecular flexibility index (Phi) is 2.39. The fourth-order valence-electron chi connectivity index (χ4n) is 3.34. The molecule has 0 atom stereocenters. The first-order valence-electron chi connectivity index (χ1n) is 7.53. The average molecular weight is 298 g/mol. The number of fused-ring (bicyclic) bond motifs is 5. The molecule has 0 aliphatic carbocycles. The Hall–Kier alpha value is -2.38. The standard InChI is InChI=1S/C21H14S/c1-13-6-7-14-9-17-12-21-19(11-16(17)10-15(14)8-13)18-4-2-3-5-20(18)22-21/h2-12H,1H3. The van der Waals surface area contributed by atoms with Crippen molar-refractivity contribution in [3.8, 4) is 0 Å². The molecular formula is C21H14S. The maximum atomic E-state index is 2.35. The molecule has 0 N–H and O–H groups in total. The fraction of sp³-hybridized carbons (Fsp3) is 0.0476. The predicted octanol–water partition coefficient (Wildman–Crippen LogP) is 6.67. The van der Waals surface area contributed by atoms with Crippen LogP contribution in [0.2, 0.25) is 0 Å². The largest absolute Gasteiger partial charge is 0.135 e. The Bertz CT molecular complexity index is 1180. The summed E-state index contributed by atoms with van der Waals surface area (Å²) in [7, 11) is 0. The van der Waals surface area contributed by atoms with Gasteiger partial charge in [0.1, 0.15) is 0 Å². The third kappa shape index (κ3) is 1.69. The van der Waals surface area contributed by atoms with E-state index in [9.17, 15) is 0 Å². The first-order chi connectivity index (χ1) is 10.8. The normalized spacial score (nSPS) is 11.9. The molecule has 0 bridgehead atoms. The molecule has 0 saturated heterocycles. The lowest BCUT2D eigenvalue weighted by atomic mass is 10.0. The number of hydrogen-bond donors (Lipinski definition) is 0. The van der Waals surface area contributed by atoms with Crippen molar-refractivity contribution >= 4 is 53.1 Å². The summed E-state index contributed by atoms with van der Waals surface area (Å²) in [6.45, 7) is 2.15. The molecule has 0 fully saturated rings. The molecule has 0 nitrogen and oxygen atoms in total. The second kappa shape index (κ2) is 4.31. The van der Waals surface area contributed by atoms with E-state index in [4.69, 9.17) is 0 Å². The smallest absolute Gasteiger partial charge is 0.0361 e. The van der Waals surface area contributed by atoms with Crippen LogP contribution < -0.4 is 0 Å². The van der Waals surface area contributed by atoms with E-state index < -0.39 is 0 Å². The molecule has 1 aromatic heterocycles. The van der Waals surface area contributed by atoms with Crippen molar-refractivity contribution in [2.75, 3.05) is 0 Å². The van der Waals surface area contributed by atoms with Gasteiger partial charge in [0.05, 0.1) is 0 Å². The summed E-state index contributed by atoms with van der Waals surface area (Å²) < 4.78 is 2.74. The Morgan fingerprint density at radius 2 is 1.36 bits per heavy atom. The maximum Gasteiger partial charge on any atom is 0.0361 e. The quantitative estimate of drug-likeness (QED) is 0.280. The van der Waals surface area contributed by atoms with Gasteiger partial charge in [-0.2, -0.15) is 0 Å². The first-order valence-corrected chi connectivity index (χ1v) is 8.35. The highest BCUT2D eigenvalue weighted by atomic mass is 32.1. The molecule has 0 aliphatic rings. The molecule has 104 valence electrons. The molecule has 5 aromatic rings. The van der Waals surface area contributed by atoms with Gasteiger partial charge >= 0.3 is 0 Å². The van der Waals surface area contributed by atoms with Crippen LogP contribution in [0.1, 0.15) is 5.56 Å². The van der Waals surface area contributed by atoms with Crippen LogP contribution in [-0.4, -0.2) is 0 Å². The summed E-state index contributed by atoms with van der Waals surface area (Å²) in [6, 6.07) is 24.7. The average Bonchev–Trinajstić information content (AvgIpc) is 2.88. The van der Waals surface area contributed by atoms with Crippen LogP contribution in [0.25, 0.3) is 41.7 Å². The highest BCUT2D eigenvalue weighted by Gasteiger charge is 2.07. The van der Waals surface area contributed by atoms with Gasteiger partial charge in [0.2, 0.25) is 0 Å². The van der Waals surface area contributed by atoms with Crippen LogP contribution in [0.4, 0.5) is 0 Å². The zero-order chi connectivity index (χ0) is 14.7. The summed E-state index contributed by atoms with van der Waals surface area (Å²) in [5.74, 6) is 0. The summed E-state index contributed by atoms with van der Waals surface area (Å²) in [4.78, 5) is 0. The second-order valence-corrected chi connectivity index (χ2v) is 7.08. The van der Waals surface area contributed by atoms with Crippen LogP contribution in [0.5, 0.6) is 0 Å². The summed E-state index contributed by atoms with van der Waals surface area (Å²) in [5.41, 5.74) is 1.31. The van der Waals surface area contributed by atoms with E-state index >= 15 is 0 Å². The summed E-state index contributed by atoms with van der Waals surface area (Å²) in [6.07, 6.45) is 0. The third-order valence-electron chi connectivity index (χ3n) is 4.45. The first kappa shape index (κ1) is 12.2. The van der Waals surface area contributed by atoms with Crippen molar-refractivity contribution in [1.82, 2.24) is 0 Å². The minimum absolute atomic E-state index is 1.31. The molecule has 0 spiro atoms. The Labute approximate surface area is 132 Å². The minimum Gasteiger partial charge on any atom is -0.135 e. The van der Waals surface area contributed by atoms with Crippen molar-refractivity contribution in [2.45, 2.75) is 6.92 Å². The van der Waals surface area contributed by atoms with E-state index in [1.54, 1.807) is 0 Å². The van der Waals surface area contributed by atoms with Gasteiger partial charge in [-0.05, 0) is 58.8 Å². The van der Waals surface area contributed by atoms with Gasteiger partial charge in [0.25, 0.3) is 0 Å². The lowest BCUT2D eigenvalue weighted by molar-refractivity contribution is 1.51. The van der Waals surface area contributed by atoms with Gasteiger partial charge in [-0.25, -0.2) is 0 Å². The molecule has 22 heavy (non-hydrogen) atoms. The van der Waals surface area contributed by atoms with Crippen molar-refractivity contribution in [3.63, 3.8) is 0 Å². The highest BCUT2D eigenvalue weighted by Crippen LogP contribution is 2.37. The van der Waals surface area contributed by atoms with Gasteiger partial charge in [0.15, 0.2) is 0 Å².